The molecule has 4 heterocycles. The summed E-state index contributed by atoms with van der Waals surface area (Å²) in [5, 5.41) is 0. The van der Waals surface area contributed by atoms with Crippen LogP contribution in [0.25, 0.3) is 0 Å². The summed E-state index contributed by atoms with van der Waals surface area (Å²) in [5.74, 6) is -2.88. The molecule has 0 unspecified atom stereocenters. The molecule has 10 nitrogen and oxygen atoms in total. The van der Waals surface area contributed by atoms with E-state index >= 15 is 0 Å². The van der Waals surface area contributed by atoms with Gasteiger partial charge in [-0.05, 0) is 39.8 Å². The Hall–Kier alpha value is -2.11. The number of carbonyl (C=O) groups excluding carboxylic acids is 2. The van der Waals surface area contributed by atoms with Crippen LogP contribution >= 0.6 is 0 Å². The molecule has 3 aliphatic heterocycles. The molecule has 3 aliphatic rings. The molecule has 28 heavy (non-hydrogen) atoms. The zero-order valence-corrected chi connectivity index (χ0v) is 16.0. The molecule has 10 heteroatoms. The number of hydrogen-bond acceptors (Lipinski definition) is 8. The summed E-state index contributed by atoms with van der Waals surface area (Å²) in [4.78, 5) is 28.7. The van der Waals surface area contributed by atoms with Crippen molar-refractivity contribution in [2.45, 2.75) is 70.0 Å². The van der Waals surface area contributed by atoms with E-state index < -0.39 is 54.1 Å². The number of pyridine rings is 1. The fraction of sp³-hybridized carbons (Fsp3) is 0.611. The van der Waals surface area contributed by atoms with E-state index in [1.54, 1.807) is 46.0 Å². The van der Waals surface area contributed by atoms with Crippen LogP contribution in [0.2, 0.25) is 0 Å². The minimum Gasteiger partial charge on any atom is -0.342 e. The minimum atomic E-state index is -1.06. The molecular formula is C18H23N3O7. The Kier molecular flexibility index (Phi) is 4.63. The van der Waals surface area contributed by atoms with Crippen LogP contribution in [0.3, 0.4) is 0 Å². The Morgan fingerprint density at radius 2 is 1.64 bits per heavy atom. The van der Waals surface area contributed by atoms with Gasteiger partial charge >= 0.3 is 0 Å². The highest BCUT2D eigenvalue weighted by molar-refractivity contribution is 5.95. The number of fused-ring (bicyclic) bond motifs is 3. The number of hydrazine groups is 1. The number of rotatable bonds is 2. The zero-order valence-electron chi connectivity index (χ0n) is 16.0. The lowest BCUT2D eigenvalue weighted by Gasteiger charge is -2.36. The van der Waals surface area contributed by atoms with Crippen molar-refractivity contribution in [3.63, 3.8) is 0 Å². The van der Waals surface area contributed by atoms with Crippen LogP contribution in [-0.2, 0) is 28.5 Å². The quantitative estimate of drug-likeness (QED) is 0.686. The molecule has 5 atom stereocenters. The second-order valence-corrected chi connectivity index (χ2v) is 7.78. The average molecular weight is 393 g/mol. The van der Waals surface area contributed by atoms with Crippen molar-refractivity contribution in [3.8, 4) is 0 Å². The summed E-state index contributed by atoms with van der Waals surface area (Å²) in [7, 11) is 0. The van der Waals surface area contributed by atoms with Gasteiger partial charge in [0.15, 0.2) is 24.0 Å². The van der Waals surface area contributed by atoms with Gasteiger partial charge in [-0.1, -0.05) is 0 Å². The summed E-state index contributed by atoms with van der Waals surface area (Å²) >= 11 is 0. The number of ether oxygens (including phenoxy) is 5. The second-order valence-electron chi connectivity index (χ2n) is 7.78. The number of nitrogens with zero attached hydrogens (tertiary/aromatic N) is 1. The molecule has 0 bridgehead atoms. The molecule has 0 spiro atoms. The molecule has 0 saturated carbocycles. The average Bonchev–Trinajstić information content (AvgIpc) is 3.13. The normalized spacial score (nSPS) is 34.9. The van der Waals surface area contributed by atoms with Gasteiger partial charge in [-0.15, -0.1) is 0 Å². The van der Waals surface area contributed by atoms with E-state index in [0.717, 1.165) is 0 Å². The molecule has 4 rings (SSSR count). The van der Waals surface area contributed by atoms with Crippen molar-refractivity contribution in [2.75, 3.05) is 0 Å². The van der Waals surface area contributed by atoms with E-state index in [0.29, 0.717) is 5.56 Å². The van der Waals surface area contributed by atoms with Crippen molar-refractivity contribution < 1.29 is 33.3 Å². The van der Waals surface area contributed by atoms with E-state index in [1.165, 1.54) is 6.20 Å². The Bertz CT molecular complexity index is 770. The fourth-order valence-electron chi connectivity index (χ4n) is 3.58. The topological polar surface area (TPSA) is 117 Å². The van der Waals surface area contributed by atoms with E-state index in [-0.39, 0.29) is 0 Å². The van der Waals surface area contributed by atoms with Gasteiger partial charge < -0.3 is 23.7 Å². The van der Waals surface area contributed by atoms with Gasteiger partial charge in [-0.2, -0.15) is 0 Å². The predicted octanol–water partition coefficient (Wildman–Crippen LogP) is 0.239. The van der Waals surface area contributed by atoms with Gasteiger partial charge in [0.05, 0.1) is 5.56 Å². The van der Waals surface area contributed by atoms with Crippen molar-refractivity contribution in [1.82, 2.24) is 15.8 Å². The highest BCUT2D eigenvalue weighted by Crippen LogP contribution is 2.44. The third-order valence-electron chi connectivity index (χ3n) is 4.64. The van der Waals surface area contributed by atoms with Gasteiger partial charge in [0.25, 0.3) is 11.8 Å². The molecule has 0 aromatic carbocycles. The molecule has 3 fully saturated rings. The van der Waals surface area contributed by atoms with Crippen LogP contribution in [0.1, 0.15) is 38.1 Å². The largest absolute Gasteiger partial charge is 0.342 e. The molecule has 0 aliphatic carbocycles. The maximum atomic E-state index is 12.7. The summed E-state index contributed by atoms with van der Waals surface area (Å²) < 4.78 is 29.3. The smallest absolute Gasteiger partial charge is 0.271 e. The number of nitrogens with one attached hydrogen (secondary N) is 2. The fourth-order valence-corrected chi connectivity index (χ4v) is 3.58. The van der Waals surface area contributed by atoms with Crippen LogP contribution in [0, 0.1) is 0 Å². The van der Waals surface area contributed by atoms with Crippen molar-refractivity contribution >= 4 is 11.8 Å². The summed E-state index contributed by atoms with van der Waals surface area (Å²) in [6.07, 6.45) is -0.716. The molecule has 152 valence electrons. The SMILES string of the molecule is CC1(C)O[C@@H]2O[C@H](C(=O)NNC(=O)c3cccnc3)[C@@H]3OC(C)(C)O[C@H]3[C@@H]2O1. The van der Waals surface area contributed by atoms with E-state index in [1.807, 2.05) is 0 Å². The van der Waals surface area contributed by atoms with Crippen LogP contribution in [-0.4, -0.2) is 59.1 Å². The monoisotopic (exact) mass is 393 g/mol. The van der Waals surface area contributed by atoms with E-state index in [9.17, 15) is 9.59 Å². The maximum Gasteiger partial charge on any atom is 0.271 e. The van der Waals surface area contributed by atoms with Crippen molar-refractivity contribution in [1.29, 1.82) is 0 Å². The summed E-state index contributed by atoms with van der Waals surface area (Å²) in [6.45, 7) is 7.02. The standard InChI is InChI=1S/C18H23N3O7/c1-17(2)25-10-11(26-17)13-16(28-18(3,4)27-13)24-12(10)15(23)21-20-14(22)9-6-5-7-19-8-9/h5-8,10-13,16H,1-4H3,(H,20,22)(H,21,23)/t10-,11-,12+,13+,16+/m1/s1. The first-order chi connectivity index (χ1) is 13.2. The van der Waals surface area contributed by atoms with Crippen LogP contribution < -0.4 is 10.9 Å². The lowest BCUT2D eigenvalue weighted by molar-refractivity contribution is -0.231. The second kappa shape index (κ2) is 6.75. The minimum absolute atomic E-state index is 0.307. The maximum absolute atomic E-state index is 12.7. The number of amides is 2. The van der Waals surface area contributed by atoms with Gasteiger partial charge in [0.2, 0.25) is 0 Å². The zero-order chi connectivity index (χ0) is 20.1. The predicted molar refractivity (Wildman–Crippen MR) is 92.4 cm³/mol. The van der Waals surface area contributed by atoms with Crippen LogP contribution in [0.5, 0.6) is 0 Å². The molecule has 0 radical (unpaired) electrons. The first kappa shape index (κ1) is 19.2. The lowest BCUT2D eigenvalue weighted by atomic mass is 9.98. The van der Waals surface area contributed by atoms with Gasteiger partial charge in [0.1, 0.15) is 18.3 Å². The number of carbonyl (C=O) groups is 2. The Morgan fingerprint density at radius 3 is 2.36 bits per heavy atom. The van der Waals surface area contributed by atoms with Crippen molar-refractivity contribution in [2.24, 2.45) is 0 Å². The first-order valence-corrected chi connectivity index (χ1v) is 9.02. The Morgan fingerprint density at radius 1 is 0.964 bits per heavy atom. The van der Waals surface area contributed by atoms with Crippen LogP contribution in [0.4, 0.5) is 0 Å². The number of aromatic nitrogens is 1. The highest BCUT2D eigenvalue weighted by Gasteiger charge is 2.62. The molecule has 1 aromatic rings. The summed E-state index contributed by atoms with van der Waals surface area (Å²) in [6, 6.07) is 3.20. The third-order valence-corrected chi connectivity index (χ3v) is 4.64. The highest BCUT2D eigenvalue weighted by atomic mass is 16.9. The van der Waals surface area contributed by atoms with Gasteiger partial charge in [-0.3, -0.25) is 25.4 Å². The van der Waals surface area contributed by atoms with Gasteiger partial charge in [-0.25, -0.2) is 0 Å². The molecule has 1 aromatic heterocycles. The summed E-state index contributed by atoms with van der Waals surface area (Å²) in [5.41, 5.74) is 5.02. The lowest BCUT2D eigenvalue weighted by Crippen LogP contribution is -2.61. The molecule has 2 amide bonds. The van der Waals surface area contributed by atoms with E-state index in [2.05, 4.69) is 15.8 Å². The van der Waals surface area contributed by atoms with Gasteiger partial charge in [0, 0.05) is 12.4 Å². The van der Waals surface area contributed by atoms with Crippen molar-refractivity contribution in [3.05, 3.63) is 30.1 Å². The molecular weight excluding hydrogens is 370 g/mol. The van der Waals surface area contributed by atoms with E-state index in [4.69, 9.17) is 23.7 Å². The Balaban J connectivity index is 1.47. The van der Waals surface area contributed by atoms with Crippen LogP contribution in [0.15, 0.2) is 24.5 Å². The molecule has 2 N–H and O–H groups in total. The Labute approximate surface area is 161 Å². The third kappa shape index (κ3) is 3.61. The first-order valence-electron chi connectivity index (χ1n) is 9.02. The molecule has 3 saturated heterocycles. The number of hydrogen-bond donors (Lipinski definition) is 2.